The van der Waals surface area contributed by atoms with Gasteiger partial charge in [0.05, 0.1) is 12.4 Å². The molecule has 3 saturated heterocycles. The summed E-state index contributed by atoms with van der Waals surface area (Å²) in [6.07, 6.45) is 12.8. The fourth-order valence-corrected chi connectivity index (χ4v) is 4.86. The average Bonchev–Trinajstić information content (AvgIpc) is 3.47. The minimum atomic E-state index is 0.180. The zero-order chi connectivity index (χ0) is 19.9. The van der Waals surface area contributed by atoms with E-state index in [4.69, 9.17) is 9.15 Å². The molecule has 1 atom stereocenters. The van der Waals surface area contributed by atoms with Gasteiger partial charge in [-0.15, -0.1) is 0 Å². The van der Waals surface area contributed by atoms with Crippen molar-refractivity contribution in [1.82, 2.24) is 15.1 Å². The zero-order valence-corrected chi connectivity index (χ0v) is 17.4. The molecule has 1 aromatic rings. The van der Waals surface area contributed by atoms with E-state index in [-0.39, 0.29) is 17.9 Å². The number of furan rings is 1. The van der Waals surface area contributed by atoms with Crippen molar-refractivity contribution in [1.29, 1.82) is 0 Å². The molecule has 1 unspecified atom stereocenters. The number of carbonyl (C=O) groups excluding carboxylic acids is 1. The quantitative estimate of drug-likeness (QED) is 0.761. The third kappa shape index (κ3) is 5.93. The van der Waals surface area contributed by atoms with E-state index >= 15 is 0 Å². The first-order valence-electron chi connectivity index (χ1n) is 11.3. The molecule has 29 heavy (non-hydrogen) atoms. The van der Waals surface area contributed by atoms with Crippen molar-refractivity contribution >= 4 is 12.0 Å². The van der Waals surface area contributed by atoms with E-state index in [0.29, 0.717) is 12.6 Å². The Labute approximate surface area is 174 Å². The van der Waals surface area contributed by atoms with E-state index in [1.165, 1.54) is 12.8 Å². The summed E-state index contributed by atoms with van der Waals surface area (Å²) in [5, 5.41) is 3.12. The molecule has 1 aromatic heterocycles. The van der Waals surface area contributed by atoms with Crippen molar-refractivity contribution in [3.05, 3.63) is 30.2 Å². The molecule has 4 rings (SSSR count). The predicted molar refractivity (Wildman–Crippen MR) is 113 cm³/mol. The Morgan fingerprint density at radius 1 is 1.14 bits per heavy atom. The lowest BCUT2D eigenvalue weighted by molar-refractivity contribution is -0.127. The molecule has 0 spiro atoms. The van der Waals surface area contributed by atoms with Gasteiger partial charge >= 0.3 is 0 Å². The Morgan fingerprint density at radius 2 is 1.97 bits per heavy atom. The van der Waals surface area contributed by atoms with E-state index in [1.54, 1.807) is 6.26 Å². The summed E-state index contributed by atoms with van der Waals surface area (Å²) in [5.41, 5.74) is 0. The first-order chi connectivity index (χ1) is 14.3. The standard InChI is InChI=1S/C23H35N3O3/c27-23(24-18-22-6-3-17-29-22)19-7-14-26(15-8-19)20-9-12-25(13-10-20)11-1-4-21-5-2-16-28-21/h1-2,4-5,16,19-20,22H,3,6-15,17-18H2,(H,24,27). The lowest BCUT2D eigenvalue weighted by atomic mass is 9.92. The molecule has 6 nitrogen and oxygen atoms in total. The van der Waals surface area contributed by atoms with E-state index in [1.807, 2.05) is 12.1 Å². The molecule has 1 N–H and O–H groups in total. The van der Waals surface area contributed by atoms with Gasteiger partial charge in [-0.25, -0.2) is 0 Å². The highest BCUT2D eigenvalue weighted by atomic mass is 16.5. The smallest absolute Gasteiger partial charge is 0.223 e. The Morgan fingerprint density at radius 3 is 2.66 bits per heavy atom. The third-order valence-corrected chi connectivity index (χ3v) is 6.69. The van der Waals surface area contributed by atoms with Gasteiger partial charge in [0, 0.05) is 31.7 Å². The maximum absolute atomic E-state index is 12.5. The Balaban J connectivity index is 1.12. The molecular formula is C23H35N3O3. The molecule has 0 aromatic carbocycles. The van der Waals surface area contributed by atoms with Crippen LogP contribution in [0.4, 0.5) is 0 Å². The van der Waals surface area contributed by atoms with Gasteiger partial charge in [0.25, 0.3) is 0 Å². The normalized spacial score (nSPS) is 25.7. The van der Waals surface area contributed by atoms with Crippen molar-refractivity contribution in [3.8, 4) is 0 Å². The monoisotopic (exact) mass is 401 g/mol. The van der Waals surface area contributed by atoms with Crippen LogP contribution in [0.1, 0.15) is 44.3 Å². The second kappa shape index (κ2) is 10.4. The number of carbonyl (C=O) groups is 1. The van der Waals surface area contributed by atoms with Gasteiger partial charge in [0.1, 0.15) is 5.76 Å². The number of hydrogen-bond acceptors (Lipinski definition) is 5. The first-order valence-corrected chi connectivity index (χ1v) is 11.3. The van der Waals surface area contributed by atoms with Gasteiger partial charge in [-0.2, -0.15) is 0 Å². The van der Waals surface area contributed by atoms with Crippen molar-refractivity contribution in [2.24, 2.45) is 5.92 Å². The summed E-state index contributed by atoms with van der Waals surface area (Å²) < 4.78 is 10.9. The topological polar surface area (TPSA) is 58.0 Å². The van der Waals surface area contributed by atoms with Gasteiger partial charge in [0.2, 0.25) is 5.91 Å². The highest BCUT2D eigenvalue weighted by Gasteiger charge is 2.30. The highest BCUT2D eigenvalue weighted by molar-refractivity contribution is 5.78. The van der Waals surface area contributed by atoms with Crippen molar-refractivity contribution in [2.45, 2.75) is 50.7 Å². The second-order valence-corrected chi connectivity index (χ2v) is 8.64. The first kappa shape index (κ1) is 20.6. The van der Waals surface area contributed by atoms with Crippen LogP contribution in [-0.2, 0) is 9.53 Å². The van der Waals surface area contributed by atoms with Gasteiger partial charge in [-0.05, 0) is 82.9 Å². The van der Waals surface area contributed by atoms with Gasteiger partial charge in [0.15, 0.2) is 0 Å². The fraction of sp³-hybridized carbons (Fsp3) is 0.696. The molecule has 0 aliphatic carbocycles. The molecule has 0 bridgehead atoms. The minimum Gasteiger partial charge on any atom is -0.465 e. The summed E-state index contributed by atoms with van der Waals surface area (Å²) in [5.74, 6) is 1.33. The predicted octanol–water partition coefficient (Wildman–Crippen LogP) is 2.76. The van der Waals surface area contributed by atoms with Crippen LogP contribution < -0.4 is 5.32 Å². The molecule has 3 aliphatic heterocycles. The van der Waals surface area contributed by atoms with Crippen LogP contribution >= 0.6 is 0 Å². The zero-order valence-electron chi connectivity index (χ0n) is 17.4. The molecule has 0 radical (unpaired) electrons. The lowest BCUT2D eigenvalue weighted by Gasteiger charge is -2.41. The van der Waals surface area contributed by atoms with Crippen molar-refractivity contribution in [3.63, 3.8) is 0 Å². The van der Waals surface area contributed by atoms with Gasteiger partial charge < -0.3 is 19.4 Å². The van der Waals surface area contributed by atoms with Crippen LogP contribution in [0.15, 0.2) is 28.9 Å². The molecule has 3 fully saturated rings. The molecule has 0 saturated carbocycles. The Bertz CT molecular complexity index is 638. The molecule has 4 heterocycles. The van der Waals surface area contributed by atoms with Crippen LogP contribution in [0.5, 0.6) is 0 Å². The number of rotatable bonds is 7. The van der Waals surface area contributed by atoms with Crippen molar-refractivity contribution in [2.75, 3.05) is 45.9 Å². The number of hydrogen-bond donors (Lipinski definition) is 1. The van der Waals surface area contributed by atoms with Gasteiger partial charge in [-0.1, -0.05) is 6.08 Å². The third-order valence-electron chi connectivity index (χ3n) is 6.69. The van der Waals surface area contributed by atoms with Crippen LogP contribution in [0.25, 0.3) is 6.08 Å². The summed E-state index contributed by atoms with van der Waals surface area (Å²) in [6, 6.07) is 4.58. The van der Waals surface area contributed by atoms with E-state index in [0.717, 1.165) is 70.8 Å². The number of ether oxygens (including phenoxy) is 1. The SMILES string of the molecule is O=C(NCC1CCCO1)C1CCN(C2CCN(CC=Cc3ccco3)CC2)CC1. The van der Waals surface area contributed by atoms with Crippen LogP contribution in [0, 0.1) is 5.92 Å². The number of nitrogens with one attached hydrogen (secondary N) is 1. The van der Waals surface area contributed by atoms with Crippen LogP contribution in [0.3, 0.4) is 0 Å². The molecule has 6 heteroatoms. The molecule has 3 aliphatic rings. The van der Waals surface area contributed by atoms with E-state index < -0.39 is 0 Å². The minimum absolute atomic E-state index is 0.180. The Kier molecular flexibility index (Phi) is 7.41. The highest BCUT2D eigenvalue weighted by Crippen LogP contribution is 2.24. The van der Waals surface area contributed by atoms with Gasteiger partial charge in [-0.3, -0.25) is 9.69 Å². The number of amides is 1. The molecule has 160 valence electrons. The summed E-state index contributed by atoms with van der Waals surface area (Å²) in [6.45, 7) is 6.93. The summed E-state index contributed by atoms with van der Waals surface area (Å²) in [7, 11) is 0. The van der Waals surface area contributed by atoms with Crippen LogP contribution in [-0.4, -0.2) is 73.7 Å². The van der Waals surface area contributed by atoms with E-state index in [2.05, 4.69) is 27.3 Å². The maximum atomic E-state index is 12.5. The number of nitrogens with zero attached hydrogens (tertiary/aromatic N) is 2. The van der Waals surface area contributed by atoms with Crippen LogP contribution in [0.2, 0.25) is 0 Å². The Hall–Kier alpha value is -1.63. The summed E-state index contributed by atoms with van der Waals surface area (Å²) >= 11 is 0. The maximum Gasteiger partial charge on any atom is 0.223 e. The second-order valence-electron chi connectivity index (χ2n) is 8.64. The largest absolute Gasteiger partial charge is 0.465 e. The summed E-state index contributed by atoms with van der Waals surface area (Å²) in [4.78, 5) is 17.6. The number of piperidine rings is 2. The fourth-order valence-electron chi connectivity index (χ4n) is 4.86. The number of likely N-dealkylation sites (tertiary alicyclic amines) is 2. The van der Waals surface area contributed by atoms with E-state index in [9.17, 15) is 4.79 Å². The molecular weight excluding hydrogens is 366 g/mol. The average molecular weight is 402 g/mol. The molecule has 1 amide bonds. The lowest BCUT2D eigenvalue weighted by Crippen LogP contribution is -2.49. The van der Waals surface area contributed by atoms with Crippen molar-refractivity contribution < 1.29 is 13.9 Å².